The molecule has 19 heteroatoms. The Morgan fingerprint density at radius 1 is 0.269 bits per heavy atom. The van der Waals surface area contributed by atoms with Crippen molar-refractivity contribution >= 4 is 39.5 Å². The third-order valence-corrected chi connectivity index (χ3v) is 19.2. The van der Waals surface area contributed by atoms with Gasteiger partial charge in [0.05, 0.1) is 26.4 Å². The summed E-state index contributed by atoms with van der Waals surface area (Å²) in [6, 6.07) is 0. The second-order valence-corrected chi connectivity index (χ2v) is 30.6. The normalized spacial score (nSPS) is 14.5. The molecule has 0 fully saturated rings. The fourth-order valence-corrected chi connectivity index (χ4v) is 12.5. The molecule has 0 aliphatic rings. The lowest BCUT2D eigenvalue weighted by atomic mass is 10.1. The van der Waals surface area contributed by atoms with Gasteiger partial charge in [0.15, 0.2) is 12.2 Å². The second-order valence-electron chi connectivity index (χ2n) is 27.6. The van der Waals surface area contributed by atoms with E-state index in [0.29, 0.717) is 25.7 Å². The topological polar surface area (TPSA) is 237 Å². The number of allylic oxidation sites excluding steroid dienone is 24. The van der Waals surface area contributed by atoms with Crippen molar-refractivity contribution in [2.75, 3.05) is 39.6 Å². The maximum atomic E-state index is 13.1. The summed E-state index contributed by atoms with van der Waals surface area (Å²) in [5.74, 6) is -2.26. The molecule has 0 radical (unpaired) electrons. The molecule has 3 N–H and O–H groups in total. The number of aliphatic hydroxyl groups is 1. The maximum absolute atomic E-state index is 13.1. The van der Waals surface area contributed by atoms with E-state index in [0.717, 1.165) is 199 Å². The highest BCUT2D eigenvalue weighted by molar-refractivity contribution is 7.47. The molecule has 0 rings (SSSR count). The van der Waals surface area contributed by atoms with Crippen LogP contribution < -0.4 is 0 Å². The van der Waals surface area contributed by atoms with Crippen molar-refractivity contribution in [3.63, 3.8) is 0 Å². The van der Waals surface area contributed by atoms with Gasteiger partial charge < -0.3 is 33.8 Å². The third-order valence-electron chi connectivity index (χ3n) is 17.3. The number of hydrogen-bond acceptors (Lipinski definition) is 15. The van der Waals surface area contributed by atoms with Crippen molar-refractivity contribution < 1.29 is 80.2 Å². The van der Waals surface area contributed by atoms with E-state index in [1.165, 1.54) is 57.8 Å². The van der Waals surface area contributed by atoms with Crippen LogP contribution in [0.1, 0.15) is 336 Å². The summed E-state index contributed by atoms with van der Waals surface area (Å²) in [7, 11) is -9.99. The van der Waals surface area contributed by atoms with Gasteiger partial charge in [-0.1, -0.05) is 289 Å². The summed E-state index contributed by atoms with van der Waals surface area (Å²) in [5.41, 5.74) is 0. The summed E-state index contributed by atoms with van der Waals surface area (Å²) >= 11 is 0. The van der Waals surface area contributed by atoms with E-state index in [-0.39, 0.29) is 25.7 Å². The lowest BCUT2D eigenvalue weighted by Crippen LogP contribution is -2.30. The highest BCUT2D eigenvalue weighted by Crippen LogP contribution is 2.45. The minimum absolute atomic E-state index is 0.0721. The molecule has 0 aliphatic carbocycles. The predicted octanol–water partition coefficient (Wildman–Crippen LogP) is 25.0. The number of aliphatic hydroxyl groups excluding tert-OH is 1. The minimum Gasteiger partial charge on any atom is -0.462 e. The van der Waals surface area contributed by atoms with E-state index in [4.69, 9.17) is 37.0 Å². The Morgan fingerprint density at radius 3 is 0.787 bits per heavy atom. The van der Waals surface area contributed by atoms with Crippen LogP contribution in [0.15, 0.2) is 146 Å². The molecule has 108 heavy (non-hydrogen) atoms. The molecule has 0 aromatic carbocycles. The fourth-order valence-electron chi connectivity index (χ4n) is 10.9. The van der Waals surface area contributed by atoms with Gasteiger partial charge in [0, 0.05) is 25.7 Å². The van der Waals surface area contributed by atoms with E-state index in [2.05, 4.69) is 174 Å². The molecule has 0 aromatic rings. The lowest BCUT2D eigenvalue weighted by Gasteiger charge is -2.21. The van der Waals surface area contributed by atoms with Crippen LogP contribution in [0.3, 0.4) is 0 Å². The Labute approximate surface area is 656 Å². The zero-order chi connectivity index (χ0) is 78.9. The number of hydrogen-bond donors (Lipinski definition) is 3. The van der Waals surface area contributed by atoms with Crippen LogP contribution in [0.4, 0.5) is 0 Å². The number of rotatable bonds is 78. The van der Waals surface area contributed by atoms with Crippen molar-refractivity contribution in [3.05, 3.63) is 146 Å². The van der Waals surface area contributed by atoms with Crippen molar-refractivity contribution in [2.45, 2.75) is 354 Å². The Bertz CT molecular complexity index is 2610. The van der Waals surface area contributed by atoms with Crippen molar-refractivity contribution in [2.24, 2.45) is 0 Å². The number of phosphoric acid groups is 2. The lowest BCUT2D eigenvalue weighted by molar-refractivity contribution is -0.161. The number of unbranched alkanes of at least 4 members (excludes halogenated alkanes) is 28. The zero-order valence-corrected chi connectivity index (χ0v) is 69.5. The monoisotopic (exact) mass is 1550 g/mol. The molecule has 0 amide bonds. The molecule has 0 aliphatic heterocycles. The summed E-state index contributed by atoms with van der Waals surface area (Å²) in [4.78, 5) is 73.2. The Balaban J connectivity index is 5.44. The van der Waals surface area contributed by atoms with E-state index in [1.807, 2.05) is 0 Å². The van der Waals surface area contributed by atoms with E-state index < -0.39 is 97.5 Å². The molecule has 618 valence electrons. The number of ether oxygens (including phenoxy) is 4. The van der Waals surface area contributed by atoms with Crippen molar-refractivity contribution in [1.82, 2.24) is 0 Å². The zero-order valence-electron chi connectivity index (χ0n) is 67.7. The predicted molar refractivity (Wildman–Crippen MR) is 445 cm³/mol. The first kappa shape index (κ1) is 103. The average Bonchev–Trinajstić information content (AvgIpc) is 0.896. The summed E-state index contributed by atoms with van der Waals surface area (Å²) in [6.07, 6.45) is 92.4. The third kappa shape index (κ3) is 79.0. The van der Waals surface area contributed by atoms with Crippen molar-refractivity contribution in [3.8, 4) is 0 Å². The van der Waals surface area contributed by atoms with Gasteiger partial charge in [0.25, 0.3) is 0 Å². The maximum Gasteiger partial charge on any atom is 0.472 e. The highest BCUT2D eigenvalue weighted by Gasteiger charge is 2.30. The molecule has 5 unspecified atom stereocenters. The van der Waals surface area contributed by atoms with Crippen LogP contribution in [0, 0.1) is 0 Å². The largest absolute Gasteiger partial charge is 0.472 e. The summed E-state index contributed by atoms with van der Waals surface area (Å²) in [6.45, 7) is 4.56. The van der Waals surface area contributed by atoms with Crippen LogP contribution in [-0.4, -0.2) is 96.7 Å². The van der Waals surface area contributed by atoms with E-state index >= 15 is 0 Å². The molecule has 5 atom stereocenters. The molecule has 0 bridgehead atoms. The summed E-state index contributed by atoms with van der Waals surface area (Å²) in [5, 5.41) is 10.7. The molecule has 0 heterocycles. The molecule has 0 spiro atoms. The van der Waals surface area contributed by atoms with E-state index in [1.54, 1.807) is 0 Å². The molecule has 0 aromatic heterocycles. The van der Waals surface area contributed by atoms with Gasteiger partial charge in [-0.05, 0) is 167 Å². The van der Waals surface area contributed by atoms with Crippen LogP contribution in [0.25, 0.3) is 0 Å². The standard InChI is InChI=1S/C89H150O17P2/c1-5-9-13-17-21-25-29-33-37-39-41-43-47-50-54-58-62-66-70-74-87(92)100-80-85(106-89(94)76-72-68-64-60-56-52-48-44-42-40-38-34-30-26-22-18-14-10-6-2)82-104-108(97,98)102-78-83(90)77-101-107(95,96)103-81-84(105-88(93)75-71-67-63-59-55-51-46-36-32-28-24-20-16-12-8-4)79-99-86(91)73-69-65-61-57-53-49-45-35-31-27-23-19-15-11-7-3/h9,11,13,15,21-23,25-27,33-38,41-46,53,57,83-85,90H,5-8,10,12,14,16-20,24,28-32,39-40,47-52,54-56,58-82H2,1-4H3,(H,95,96)(H,97,98)/b13-9-,15-11-,25-21-,26-22-,27-23-,37-33-,38-34-,43-41-,44-42-,45-35-,46-36-,57-53-. The first-order valence-corrected chi connectivity index (χ1v) is 45.1. The molecular formula is C89H150O17P2. The Kier molecular flexibility index (Phi) is 76.3. The van der Waals surface area contributed by atoms with Gasteiger partial charge in [-0.2, -0.15) is 0 Å². The van der Waals surface area contributed by atoms with E-state index in [9.17, 15) is 43.2 Å². The van der Waals surface area contributed by atoms with Crippen LogP contribution >= 0.6 is 15.6 Å². The Hall–Kier alpha value is -5.06. The average molecular weight is 1550 g/mol. The van der Waals surface area contributed by atoms with Gasteiger partial charge in [-0.3, -0.25) is 37.3 Å². The first-order chi connectivity index (χ1) is 52.7. The van der Waals surface area contributed by atoms with Gasteiger partial charge in [0.2, 0.25) is 0 Å². The minimum atomic E-state index is -5.00. The highest BCUT2D eigenvalue weighted by atomic mass is 31.2. The number of carbonyl (C=O) groups excluding carboxylic acids is 4. The fraction of sp³-hybridized carbons (Fsp3) is 0.685. The SMILES string of the molecule is CC/C=C\C/C=C\C/C=C\C/C=C\CCCCCCCCC(=O)OCC(COP(=O)(O)OCC(O)COP(=O)(O)OCC(COC(=O)CCCC/C=C\C/C=C\C/C=C\C/C=C\CC)OC(=O)CCCCCCC/C=C\CCCCCCCC)OC(=O)CCCCCCCC/C=C\C/C=C\C/C=C\CCCCC. The summed E-state index contributed by atoms with van der Waals surface area (Å²) < 4.78 is 68.7. The van der Waals surface area contributed by atoms with Gasteiger partial charge in [0.1, 0.15) is 19.3 Å². The molecule has 0 saturated heterocycles. The smallest absolute Gasteiger partial charge is 0.462 e. The Morgan fingerprint density at radius 2 is 0.481 bits per heavy atom. The number of phosphoric ester groups is 2. The molecule has 17 nitrogen and oxygen atoms in total. The van der Waals surface area contributed by atoms with Crippen LogP contribution in [0.2, 0.25) is 0 Å². The first-order valence-electron chi connectivity index (χ1n) is 42.1. The quantitative estimate of drug-likeness (QED) is 0.0169. The van der Waals surface area contributed by atoms with Crippen LogP contribution in [-0.2, 0) is 65.4 Å². The molecule has 0 saturated carbocycles. The number of carbonyl (C=O) groups is 4. The van der Waals surface area contributed by atoms with Gasteiger partial charge in [-0.25, -0.2) is 9.13 Å². The van der Waals surface area contributed by atoms with Crippen molar-refractivity contribution in [1.29, 1.82) is 0 Å². The van der Waals surface area contributed by atoms with Gasteiger partial charge >= 0.3 is 39.5 Å². The molecular weight excluding hydrogens is 1400 g/mol. The number of esters is 4. The van der Waals surface area contributed by atoms with Gasteiger partial charge in [-0.15, -0.1) is 0 Å². The second kappa shape index (κ2) is 80.0. The van der Waals surface area contributed by atoms with Crippen LogP contribution in [0.5, 0.6) is 0 Å².